The average molecular weight is 289 g/mol. The van der Waals surface area contributed by atoms with Gasteiger partial charge >= 0.3 is 0 Å². The van der Waals surface area contributed by atoms with Crippen LogP contribution in [-0.4, -0.2) is 5.78 Å². The van der Waals surface area contributed by atoms with Gasteiger partial charge in [0.1, 0.15) is 17.4 Å². The SMILES string of the molecule is CC(C)(C(=O)Cc1c(F)cccc1F)c1ccc(N)cc1. The fourth-order valence-electron chi connectivity index (χ4n) is 2.14. The third-order valence-corrected chi connectivity index (χ3v) is 3.73. The van der Waals surface area contributed by atoms with Gasteiger partial charge in [-0.05, 0) is 43.7 Å². The Morgan fingerprint density at radius 1 is 1.05 bits per heavy atom. The summed E-state index contributed by atoms with van der Waals surface area (Å²) >= 11 is 0. The highest BCUT2D eigenvalue weighted by Gasteiger charge is 2.30. The van der Waals surface area contributed by atoms with E-state index in [9.17, 15) is 13.6 Å². The number of benzene rings is 2. The zero-order valence-electron chi connectivity index (χ0n) is 12.0. The van der Waals surface area contributed by atoms with E-state index in [0.717, 1.165) is 17.7 Å². The predicted molar refractivity (Wildman–Crippen MR) is 78.9 cm³/mol. The van der Waals surface area contributed by atoms with Crippen molar-refractivity contribution in [2.24, 2.45) is 0 Å². The monoisotopic (exact) mass is 289 g/mol. The minimum Gasteiger partial charge on any atom is -0.399 e. The van der Waals surface area contributed by atoms with Gasteiger partial charge in [0, 0.05) is 23.1 Å². The van der Waals surface area contributed by atoms with Crippen molar-refractivity contribution in [3.63, 3.8) is 0 Å². The molecule has 0 spiro atoms. The van der Waals surface area contributed by atoms with E-state index >= 15 is 0 Å². The number of halogens is 2. The molecule has 0 radical (unpaired) electrons. The van der Waals surface area contributed by atoms with Crippen molar-refractivity contribution < 1.29 is 13.6 Å². The summed E-state index contributed by atoms with van der Waals surface area (Å²) in [6, 6.07) is 10.5. The lowest BCUT2D eigenvalue weighted by atomic mass is 9.78. The molecule has 21 heavy (non-hydrogen) atoms. The third-order valence-electron chi connectivity index (χ3n) is 3.73. The normalized spacial score (nSPS) is 11.4. The molecule has 2 nitrogen and oxygen atoms in total. The molecule has 0 saturated heterocycles. The van der Waals surface area contributed by atoms with Crippen molar-refractivity contribution in [1.82, 2.24) is 0 Å². The summed E-state index contributed by atoms with van der Waals surface area (Å²) < 4.78 is 27.3. The Morgan fingerprint density at radius 3 is 2.10 bits per heavy atom. The largest absolute Gasteiger partial charge is 0.399 e. The fraction of sp³-hybridized carbons (Fsp3) is 0.235. The minimum absolute atomic E-state index is 0.189. The zero-order chi connectivity index (χ0) is 15.6. The van der Waals surface area contributed by atoms with E-state index in [4.69, 9.17) is 5.73 Å². The van der Waals surface area contributed by atoms with E-state index in [1.54, 1.807) is 38.1 Å². The molecular formula is C17H17F2NO. The van der Waals surface area contributed by atoms with Crippen LogP contribution in [0.25, 0.3) is 0 Å². The first-order valence-electron chi connectivity index (χ1n) is 6.64. The number of ketones is 1. The summed E-state index contributed by atoms with van der Waals surface area (Å²) in [5.74, 6) is -1.65. The lowest BCUT2D eigenvalue weighted by Crippen LogP contribution is -2.31. The molecule has 0 bridgehead atoms. The topological polar surface area (TPSA) is 43.1 Å². The van der Waals surface area contributed by atoms with Crippen molar-refractivity contribution in [2.45, 2.75) is 25.7 Å². The summed E-state index contributed by atoms with van der Waals surface area (Å²) in [5.41, 5.74) is 5.95. The van der Waals surface area contributed by atoms with Crippen LogP contribution in [0.5, 0.6) is 0 Å². The van der Waals surface area contributed by atoms with Gasteiger partial charge in [-0.2, -0.15) is 0 Å². The van der Waals surface area contributed by atoms with Crippen molar-refractivity contribution in [1.29, 1.82) is 0 Å². The number of hydrogen-bond donors (Lipinski definition) is 1. The molecular weight excluding hydrogens is 272 g/mol. The molecule has 0 saturated carbocycles. The number of hydrogen-bond acceptors (Lipinski definition) is 2. The number of carbonyl (C=O) groups is 1. The molecule has 0 aliphatic heterocycles. The Kier molecular flexibility index (Phi) is 4.07. The lowest BCUT2D eigenvalue weighted by Gasteiger charge is -2.24. The van der Waals surface area contributed by atoms with Crippen LogP contribution in [0.15, 0.2) is 42.5 Å². The Morgan fingerprint density at radius 2 is 1.57 bits per heavy atom. The molecule has 0 aliphatic carbocycles. The van der Waals surface area contributed by atoms with Crippen molar-refractivity contribution in [3.05, 3.63) is 65.2 Å². The molecule has 2 aromatic carbocycles. The van der Waals surface area contributed by atoms with Crippen LogP contribution in [0.4, 0.5) is 14.5 Å². The molecule has 2 N–H and O–H groups in total. The number of nitrogen functional groups attached to an aromatic ring is 1. The first kappa shape index (κ1) is 15.2. The van der Waals surface area contributed by atoms with Gasteiger partial charge in [-0.3, -0.25) is 4.79 Å². The van der Waals surface area contributed by atoms with Crippen molar-refractivity contribution >= 4 is 11.5 Å². The molecule has 0 heterocycles. The first-order valence-corrected chi connectivity index (χ1v) is 6.64. The number of carbonyl (C=O) groups excluding carboxylic acids is 1. The second kappa shape index (κ2) is 5.64. The molecule has 0 aromatic heterocycles. The van der Waals surface area contributed by atoms with Crippen LogP contribution in [0.1, 0.15) is 25.0 Å². The first-order chi connectivity index (χ1) is 9.82. The van der Waals surface area contributed by atoms with Gasteiger partial charge in [0.05, 0.1) is 0 Å². The lowest BCUT2D eigenvalue weighted by molar-refractivity contribution is -0.122. The van der Waals surface area contributed by atoms with Gasteiger partial charge in [0.25, 0.3) is 0 Å². The molecule has 110 valence electrons. The van der Waals surface area contributed by atoms with Crippen molar-refractivity contribution in [2.75, 3.05) is 5.73 Å². The fourth-order valence-corrected chi connectivity index (χ4v) is 2.14. The Labute approximate surface area is 122 Å². The van der Waals surface area contributed by atoms with Crippen LogP contribution < -0.4 is 5.73 Å². The maximum absolute atomic E-state index is 13.6. The summed E-state index contributed by atoms with van der Waals surface area (Å²) in [5, 5.41) is 0. The molecule has 0 fully saturated rings. The Hall–Kier alpha value is -2.23. The zero-order valence-corrected chi connectivity index (χ0v) is 12.0. The van der Waals surface area contributed by atoms with E-state index in [1.807, 2.05) is 0 Å². The van der Waals surface area contributed by atoms with E-state index < -0.39 is 17.0 Å². The molecule has 2 rings (SSSR count). The van der Waals surface area contributed by atoms with Crippen molar-refractivity contribution in [3.8, 4) is 0 Å². The molecule has 0 amide bonds. The van der Waals surface area contributed by atoms with E-state index in [0.29, 0.717) is 5.69 Å². The van der Waals surface area contributed by atoms with Crippen LogP contribution in [0, 0.1) is 11.6 Å². The van der Waals surface area contributed by atoms with Crippen LogP contribution in [0.2, 0.25) is 0 Å². The number of nitrogens with two attached hydrogens (primary N) is 1. The highest BCUT2D eigenvalue weighted by atomic mass is 19.1. The summed E-state index contributed by atoms with van der Waals surface area (Å²) in [4.78, 5) is 12.5. The molecule has 0 aliphatic rings. The second-order valence-electron chi connectivity index (χ2n) is 5.55. The second-order valence-corrected chi connectivity index (χ2v) is 5.55. The molecule has 2 aromatic rings. The number of rotatable bonds is 4. The smallest absolute Gasteiger partial charge is 0.147 e. The molecule has 4 heteroatoms. The quantitative estimate of drug-likeness (QED) is 0.873. The standard InChI is InChI=1S/C17H17F2NO/c1-17(2,11-6-8-12(20)9-7-11)16(21)10-13-14(18)4-3-5-15(13)19/h3-9H,10,20H2,1-2H3. The maximum Gasteiger partial charge on any atom is 0.147 e. The minimum atomic E-state index is -0.845. The Balaban J connectivity index is 2.28. The van der Waals surface area contributed by atoms with Gasteiger partial charge in [0.15, 0.2) is 0 Å². The van der Waals surface area contributed by atoms with Gasteiger partial charge in [0.2, 0.25) is 0 Å². The molecule has 0 unspecified atom stereocenters. The Bertz CT molecular complexity index is 643. The van der Waals surface area contributed by atoms with E-state index in [2.05, 4.69) is 0 Å². The highest BCUT2D eigenvalue weighted by Crippen LogP contribution is 2.27. The van der Waals surface area contributed by atoms with E-state index in [1.165, 1.54) is 6.07 Å². The van der Waals surface area contributed by atoms with Crippen LogP contribution in [-0.2, 0) is 16.6 Å². The number of anilines is 1. The van der Waals surface area contributed by atoms with Crippen LogP contribution >= 0.6 is 0 Å². The van der Waals surface area contributed by atoms with Gasteiger partial charge in [-0.1, -0.05) is 18.2 Å². The van der Waals surface area contributed by atoms with Gasteiger partial charge in [-0.25, -0.2) is 8.78 Å². The average Bonchev–Trinajstić information content (AvgIpc) is 2.43. The maximum atomic E-state index is 13.6. The van der Waals surface area contributed by atoms with Gasteiger partial charge < -0.3 is 5.73 Å². The van der Waals surface area contributed by atoms with Gasteiger partial charge in [-0.15, -0.1) is 0 Å². The molecule has 0 atom stereocenters. The predicted octanol–water partition coefficient (Wildman–Crippen LogP) is 3.64. The summed E-state index contributed by atoms with van der Waals surface area (Å²) in [6.07, 6.45) is -0.282. The summed E-state index contributed by atoms with van der Waals surface area (Å²) in [6.45, 7) is 3.47. The number of Topliss-reactive ketones (excluding diaryl/α,β-unsaturated/α-hetero) is 1. The van der Waals surface area contributed by atoms with E-state index in [-0.39, 0.29) is 17.8 Å². The summed E-state index contributed by atoms with van der Waals surface area (Å²) in [7, 11) is 0. The third kappa shape index (κ3) is 3.10. The van der Waals surface area contributed by atoms with Crippen LogP contribution in [0.3, 0.4) is 0 Å². The highest BCUT2D eigenvalue weighted by molar-refractivity contribution is 5.91.